The molecular weight excluding hydrogens is 278 g/mol. The normalized spacial score (nSPS) is 10.6. The summed E-state index contributed by atoms with van der Waals surface area (Å²) in [5.41, 5.74) is -0.522. The summed E-state index contributed by atoms with van der Waals surface area (Å²) >= 11 is 0. The van der Waals surface area contributed by atoms with Gasteiger partial charge in [0.25, 0.3) is 14.7 Å². The molecule has 96 valence electrons. The second-order valence-corrected chi connectivity index (χ2v) is 5.93. The molecule has 0 aromatic heterocycles. The Morgan fingerprint density at radius 2 is 2.11 bits per heavy atom. The van der Waals surface area contributed by atoms with Gasteiger partial charge in [0.2, 0.25) is 0 Å². The maximum Gasteiger partial charge on any atom is 0.286 e. The maximum atomic E-state index is 11.3. The van der Waals surface area contributed by atoms with Gasteiger partial charge in [0.05, 0.1) is 4.92 Å². The molecule has 0 spiro atoms. The topological polar surface area (TPSA) is 77.3 Å². The Kier molecular flexibility index (Phi) is 4.70. The van der Waals surface area contributed by atoms with Gasteiger partial charge < -0.3 is 0 Å². The molecule has 0 heterocycles. The van der Waals surface area contributed by atoms with Gasteiger partial charge in [0.15, 0.2) is 0 Å². The molecule has 0 radical (unpaired) electrons. The molecule has 0 aliphatic carbocycles. The summed E-state index contributed by atoms with van der Waals surface area (Å²) in [4.78, 5) is 9.82. The van der Waals surface area contributed by atoms with E-state index in [1.54, 1.807) is 0 Å². The lowest BCUT2D eigenvalue weighted by atomic mass is 10.1. The van der Waals surface area contributed by atoms with Crippen molar-refractivity contribution in [2.75, 3.05) is 0 Å². The van der Waals surface area contributed by atoms with Gasteiger partial charge in [-0.3, -0.25) is 10.1 Å². The number of nitrogens with zero attached hydrogens (tertiary/aromatic N) is 1. The molecular formula is C11H10ClNO4S. The minimum absolute atomic E-state index is 0.161. The molecule has 0 fully saturated rings. The summed E-state index contributed by atoms with van der Waals surface area (Å²) in [5.74, 6) is 5.20. The lowest BCUT2D eigenvalue weighted by molar-refractivity contribution is -0.385. The summed E-state index contributed by atoms with van der Waals surface area (Å²) in [6.07, 6.45) is 1.30. The number of nitro groups is 1. The summed E-state index contributed by atoms with van der Waals surface area (Å²) in [7, 11) is 1.17. The fourth-order valence-electron chi connectivity index (χ4n) is 1.28. The van der Waals surface area contributed by atoms with Crippen LogP contribution in [-0.2, 0) is 9.05 Å². The third-order valence-corrected chi connectivity index (χ3v) is 3.42. The van der Waals surface area contributed by atoms with Crippen LogP contribution in [-0.4, -0.2) is 13.3 Å². The van der Waals surface area contributed by atoms with Gasteiger partial charge in [-0.15, -0.1) is 0 Å². The molecule has 0 atom stereocenters. The largest absolute Gasteiger partial charge is 0.286 e. The van der Waals surface area contributed by atoms with Crippen molar-refractivity contribution in [1.82, 2.24) is 0 Å². The Labute approximate surface area is 109 Å². The van der Waals surface area contributed by atoms with E-state index in [1.165, 1.54) is 18.2 Å². The predicted molar refractivity (Wildman–Crippen MR) is 67.9 cm³/mol. The first-order valence-corrected chi connectivity index (χ1v) is 7.39. The Morgan fingerprint density at radius 3 is 2.61 bits per heavy atom. The van der Waals surface area contributed by atoms with E-state index in [9.17, 15) is 18.5 Å². The molecule has 0 amide bonds. The lowest BCUT2D eigenvalue weighted by Gasteiger charge is -2.01. The van der Waals surface area contributed by atoms with Crippen LogP contribution in [0.15, 0.2) is 23.1 Å². The molecule has 0 N–H and O–H groups in total. The molecule has 1 aromatic carbocycles. The predicted octanol–water partition coefficient (Wildman–Crippen LogP) is 2.67. The number of halogens is 1. The zero-order valence-electron chi connectivity index (χ0n) is 9.51. The molecule has 7 heteroatoms. The van der Waals surface area contributed by atoms with Crippen LogP contribution >= 0.6 is 10.7 Å². The van der Waals surface area contributed by atoms with Crippen LogP contribution in [0.3, 0.4) is 0 Å². The van der Waals surface area contributed by atoms with E-state index >= 15 is 0 Å². The third kappa shape index (κ3) is 3.45. The Bertz CT molecular complexity index is 628. The second-order valence-electron chi connectivity index (χ2n) is 3.40. The molecule has 5 nitrogen and oxygen atoms in total. The SMILES string of the molecule is CCCC#Cc1c([N+](=O)[O-])cccc1S(=O)(=O)Cl. The molecule has 0 saturated heterocycles. The average Bonchev–Trinajstić information content (AvgIpc) is 2.27. The van der Waals surface area contributed by atoms with E-state index in [0.29, 0.717) is 6.42 Å². The number of hydrogen-bond acceptors (Lipinski definition) is 4. The molecule has 0 aliphatic heterocycles. The molecule has 0 unspecified atom stereocenters. The Balaban J connectivity index is 3.51. The van der Waals surface area contributed by atoms with Crippen LogP contribution in [0.25, 0.3) is 0 Å². The number of benzene rings is 1. The molecule has 0 saturated carbocycles. The van der Waals surface area contributed by atoms with Crippen molar-refractivity contribution in [3.8, 4) is 11.8 Å². The van der Waals surface area contributed by atoms with Crippen LogP contribution in [0.4, 0.5) is 5.69 Å². The van der Waals surface area contributed by atoms with Crippen LogP contribution in [0.2, 0.25) is 0 Å². The van der Waals surface area contributed by atoms with Crippen LogP contribution in [0.5, 0.6) is 0 Å². The monoisotopic (exact) mass is 287 g/mol. The van der Waals surface area contributed by atoms with Gasteiger partial charge >= 0.3 is 0 Å². The fourth-order valence-corrected chi connectivity index (χ4v) is 2.30. The molecule has 1 aromatic rings. The van der Waals surface area contributed by atoms with Crippen molar-refractivity contribution < 1.29 is 13.3 Å². The molecule has 0 aliphatic rings. The quantitative estimate of drug-likeness (QED) is 0.371. The Hall–Kier alpha value is -1.58. The standard InChI is InChI=1S/C11H10ClNO4S/c1-2-3-4-6-9-10(13(14)15)7-5-8-11(9)18(12,16)17/h5,7-8H,2-3H2,1H3. The summed E-state index contributed by atoms with van der Waals surface area (Å²) in [6, 6.07) is 3.66. The summed E-state index contributed by atoms with van der Waals surface area (Å²) in [6.45, 7) is 1.90. The number of nitro benzene ring substituents is 1. The molecule has 1 rings (SSSR count). The van der Waals surface area contributed by atoms with Crippen LogP contribution < -0.4 is 0 Å². The van der Waals surface area contributed by atoms with Gasteiger partial charge in [-0.05, 0) is 12.5 Å². The zero-order valence-corrected chi connectivity index (χ0v) is 11.1. The fraction of sp³-hybridized carbons (Fsp3) is 0.273. The first kappa shape index (κ1) is 14.5. The van der Waals surface area contributed by atoms with E-state index in [1.807, 2.05) is 6.92 Å². The third-order valence-electron chi connectivity index (χ3n) is 2.05. The number of unbranched alkanes of at least 4 members (excludes halogenated alkanes) is 1. The minimum Gasteiger partial charge on any atom is -0.258 e. The maximum absolute atomic E-state index is 11.3. The highest BCUT2D eigenvalue weighted by molar-refractivity contribution is 8.13. The van der Waals surface area contributed by atoms with Crippen molar-refractivity contribution in [3.05, 3.63) is 33.9 Å². The number of hydrogen-bond donors (Lipinski definition) is 0. The van der Waals surface area contributed by atoms with E-state index in [2.05, 4.69) is 11.8 Å². The van der Waals surface area contributed by atoms with Gasteiger partial charge in [-0.1, -0.05) is 24.8 Å². The van der Waals surface area contributed by atoms with Gasteiger partial charge in [-0.25, -0.2) is 8.42 Å². The second kappa shape index (κ2) is 5.85. The summed E-state index contributed by atoms with van der Waals surface area (Å²) < 4.78 is 22.7. The van der Waals surface area contributed by atoms with Crippen LogP contribution in [0, 0.1) is 22.0 Å². The average molecular weight is 288 g/mol. The van der Waals surface area contributed by atoms with Gasteiger partial charge in [-0.2, -0.15) is 0 Å². The minimum atomic E-state index is -4.06. The first-order chi connectivity index (χ1) is 8.38. The van der Waals surface area contributed by atoms with Crippen molar-refractivity contribution in [2.45, 2.75) is 24.7 Å². The van der Waals surface area contributed by atoms with Gasteiger partial charge in [0, 0.05) is 23.2 Å². The highest BCUT2D eigenvalue weighted by Crippen LogP contribution is 2.27. The molecule has 18 heavy (non-hydrogen) atoms. The van der Waals surface area contributed by atoms with Gasteiger partial charge in [0.1, 0.15) is 10.5 Å². The van der Waals surface area contributed by atoms with Crippen LogP contribution in [0.1, 0.15) is 25.3 Å². The smallest absolute Gasteiger partial charge is 0.258 e. The van der Waals surface area contributed by atoms with E-state index in [0.717, 1.165) is 6.42 Å². The van der Waals surface area contributed by atoms with E-state index in [4.69, 9.17) is 10.7 Å². The van der Waals surface area contributed by atoms with E-state index in [-0.39, 0.29) is 16.1 Å². The van der Waals surface area contributed by atoms with Crippen molar-refractivity contribution in [1.29, 1.82) is 0 Å². The highest BCUT2D eigenvalue weighted by Gasteiger charge is 2.22. The lowest BCUT2D eigenvalue weighted by Crippen LogP contribution is -2.00. The van der Waals surface area contributed by atoms with Crippen molar-refractivity contribution in [3.63, 3.8) is 0 Å². The van der Waals surface area contributed by atoms with Crippen molar-refractivity contribution >= 4 is 25.4 Å². The van der Waals surface area contributed by atoms with E-state index < -0.39 is 14.0 Å². The highest BCUT2D eigenvalue weighted by atomic mass is 35.7. The summed E-state index contributed by atoms with van der Waals surface area (Å²) in [5, 5.41) is 10.8. The molecule has 0 bridgehead atoms. The number of rotatable bonds is 3. The first-order valence-electron chi connectivity index (χ1n) is 5.09. The van der Waals surface area contributed by atoms with Crippen molar-refractivity contribution in [2.24, 2.45) is 0 Å². The zero-order chi connectivity index (χ0) is 13.8. The Morgan fingerprint density at radius 1 is 1.44 bits per heavy atom.